The zero-order chi connectivity index (χ0) is 17.9. The van der Waals surface area contributed by atoms with Gasteiger partial charge < -0.3 is 0 Å². The highest BCUT2D eigenvalue weighted by molar-refractivity contribution is 5.74. The summed E-state index contributed by atoms with van der Waals surface area (Å²) in [6.45, 7) is 3.99. The first-order valence-corrected chi connectivity index (χ1v) is 8.65. The SMILES string of the molecule is Cc1cccc(-c2cc(-c3ccccc3)cc(-c3cccc(C)n3)n2)n1. The summed E-state index contributed by atoms with van der Waals surface area (Å²) in [7, 11) is 0. The minimum absolute atomic E-state index is 0.855. The van der Waals surface area contributed by atoms with Gasteiger partial charge in [0.05, 0.1) is 22.8 Å². The second kappa shape index (κ2) is 6.89. The van der Waals surface area contributed by atoms with Crippen molar-refractivity contribution in [3.05, 3.63) is 90.3 Å². The van der Waals surface area contributed by atoms with Crippen LogP contribution in [0.1, 0.15) is 11.4 Å². The van der Waals surface area contributed by atoms with Crippen LogP contribution < -0.4 is 0 Å². The summed E-state index contributed by atoms with van der Waals surface area (Å²) >= 11 is 0. The van der Waals surface area contributed by atoms with Crippen LogP contribution >= 0.6 is 0 Å². The van der Waals surface area contributed by atoms with Crippen molar-refractivity contribution in [2.45, 2.75) is 13.8 Å². The van der Waals surface area contributed by atoms with Gasteiger partial charge in [-0.05, 0) is 61.4 Å². The molecule has 0 aliphatic rings. The van der Waals surface area contributed by atoms with Crippen molar-refractivity contribution in [1.29, 1.82) is 0 Å². The molecule has 0 aliphatic carbocycles. The molecule has 0 unspecified atom stereocenters. The van der Waals surface area contributed by atoms with Crippen LogP contribution in [0.5, 0.6) is 0 Å². The van der Waals surface area contributed by atoms with Gasteiger partial charge in [0.15, 0.2) is 0 Å². The Labute approximate surface area is 153 Å². The maximum Gasteiger partial charge on any atom is 0.0900 e. The van der Waals surface area contributed by atoms with Gasteiger partial charge in [-0.3, -0.25) is 9.97 Å². The number of rotatable bonds is 3. The molecule has 3 aromatic heterocycles. The van der Waals surface area contributed by atoms with E-state index in [2.05, 4.69) is 34.2 Å². The molecule has 126 valence electrons. The number of aryl methyl sites for hydroxylation is 2. The van der Waals surface area contributed by atoms with Crippen LogP contribution in [0.15, 0.2) is 78.9 Å². The minimum Gasteiger partial charge on any atom is -0.251 e. The van der Waals surface area contributed by atoms with Crippen LogP contribution in [0.2, 0.25) is 0 Å². The molecule has 3 heterocycles. The molecule has 0 saturated heterocycles. The Morgan fingerprint density at radius 1 is 0.462 bits per heavy atom. The van der Waals surface area contributed by atoms with Gasteiger partial charge in [-0.1, -0.05) is 42.5 Å². The average molecular weight is 337 g/mol. The number of pyridine rings is 3. The van der Waals surface area contributed by atoms with Gasteiger partial charge in [0.1, 0.15) is 0 Å². The van der Waals surface area contributed by atoms with Crippen molar-refractivity contribution < 1.29 is 0 Å². The third-order valence-corrected chi connectivity index (χ3v) is 4.23. The van der Waals surface area contributed by atoms with Gasteiger partial charge in [0.25, 0.3) is 0 Å². The monoisotopic (exact) mass is 337 g/mol. The molecule has 0 amide bonds. The van der Waals surface area contributed by atoms with Crippen LogP contribution in [0.4, 0.5) is 0 Å². The summed E-state index contributed by atoms with van der Waals surface area (Å²) in [5, 5.41) is 0. The molecule has 3 heteroatoms. The van der Waals surface area contributed by atoms with E-state index in [0.29, 0.717) is 0 Å². The van der Waals surface area contributed by atoms with E-state index in [9.17, 15) is 0 Å². The fraction of sp³-hybridized carbons (Fsp3) is 0.0870. The third kappa shape index (κ3) is 3.38. The zero-order valence-electron chi connectivity index (χ0n) is 14.8. The van der Waals surface area contributed by atoms with Gasteiger partial charge in [0, 0.05) is 11.4 Å². The van der Waals surface area contributed by atoms with Crippen LogP contribution in [0.3, 0.4) is 0 Å². The maximum atomic E-state index is 4.86. The molecular weight excluding hydrogens is 318 g/mol. The standard InChI is InChI=1S/C23H19N3/c1-16-8-6-12-20(24-16)22-14-19(18-10-4-3-5-11-18)15-23(26-22)21-13-7-9-17(2)25-21/h3-15H,1-2H3. The highest BCUT2D eigenvalue weighted by atomic mass is 14.8. The van der Waals surface area contributed by atoms with Crippen LogP contribution in [-0.4, -0.2) is 15.0 Å². The molecule has 26 heavy (non-hydrogen) atoms. The second-order valence-electron chi connectivity index (χ2n) is 6.32. The fourth-order valence-corrected chi connectivity index (χ4v) is 2.96. The van der Waals surface area contributed by atoms with E-state index < -0.39 is 0 Å². The molecule has 0 atom stereocenters. The molecule has 0 bridgehead atoms. The Morgan fingerprint density at radius 2 is 1.00 bits per heavy atom. The lowest BCUT2D eigenvalue weighted by Crippen LogP contribution is -1.95. The zero-order valence-corrected chi connectivity index (χ0v) is 14.8. The summed E-state index contributed by atoms with van der Waals surface area (Å²) < 4.78 is 0. The Kier molecular flexibility index (Phi) is 4.28. The quantitative estimate of drug-likeness (QED) is 0.496. The number of benzene rings is 1. The van der Waals surface area contributed by atoms with Crippen molar-refractivity contribution in [3.63, 3.8) is 0 Å². The van der Waals surface area contributed by atoms with Crippen molar-refractivity contribution in [2.24, 2.45) is 0 Å². The van der Waals surface area contributed by atoms with Gasteiger partial charge >= 0.3 is 0 Å². The fourth-order valence-electron chi connectivity index (χ4n) is 2.96. The topological polar surface area (TPSA) is 38.7 Å². The maximum absolute atomic E-state index is 4.86. The van der Waals surface area contributed by atoms with Crippen molar-refractivity contribution in [3.8, 4) is 33.9 Å². The predicted octanol–water partition coefficient (Wildman–Crippen LogP) is 5.49. The van der Waals surface area contributed by atoms with Crippen LogP contribution in [0, 0.1) is 13.8 Å². The largest absolute Gasteiger partial charge is 0.251 e. The van der Waals surface area contributed by atoms with E-state index in [1.165, 1.54) is 0 Å². The number of hydrogen-bond acceptors (Lipinski definition) is 3. The highest BCUT2D eigenvalue weighted by Gasteiger charge is 2.10. The predicted molar refractivity (Wildman–Crippen MR) is 106 cm³/mol. The van der Waals surface area contributed by atoms with E-state index in [1.54, 1.807) is 0 Å². The molecule has 0 spiro atoms. The Balaban J connectivity index is 1.93. The number of hydrogen-bond donors (Lipinski definition) is 0. The minimum atomic E-state index is 0.855. The molecule has 0 N–H and O–H groups in total. The molecule has 0 fully saturated rings. The smallest absolute Gasteiger partial charge is 0.0900 e. The first kappa shape index (κ1) is 16.2. The van der Waals surface area contributed by atoms with E-state index in [1.807, 2.05) is 68.4 Å². The summed E-state index contributed by atoms with van der Waals surface area (Å²) in [6.07, 6.45) is 0. The summed E-state index contributed by atoms with van der Waals surface area (Å²) in [4.78, 5) is 14.2. The highest BCUT2D eigenvalue weighted by Crippen LogP contribution is 2.29. The van der Waals surface area contributed by atoms with Gasteiger partial charge in [0.2, 0.25) is 0 Å². The number of aromatic nitrogens is 3. The van der Waals surface area contributed by atoms with Crippen molar-refractivity contribution in [2.75, 3.05) is 0 Å². The third-order valence-electron chi connectivity index (χ3n) is 4.23. The molecule has 0 radical (unpaired) electrons. The Bertz CT molecular complexity index is 992. The lowest BCUT2D eigenvalue weighted by atomic mass is 10.0. The van der Waals surface area contributed by atoms with E-state index in [0.717, 1.165) is 45.3 Å². The first-order chi connectivity index (χ1) is 12.7. The summed E-state index contributed by atoms with van der Waals surface area (Å²) in [6, 6.07) is 26.5. The van der Waals surface area contributed by atoms with Crippen LogP contribution in [0.25, 0.3) is 33.9 Å². The molecule has 4 rings (SSSR count). The molecule has 0 saturated carbocycles. The van der Waals surface area contributed by atoms with Gasteiger partial charge in [-0.25, -0.2) is 4.98 Å². The molecular formula is C23H19N3. The van der Waals surface area contributed by atoms with Crippen molar-refractivity contribution >= 4 is 0 Å². The molecule has 1 aromatic carbocycles. The van der Waals surface area contributed by atoms with E-state index in [4.69, 9.17) is 4.98 Å². The Morgan fingerprint density at radius 3 is 1.50 bits per heavy atom. The lowest BCUT2D eigenvalue weighted by molar-refractivity contribution is 1.16. The van der Waals surface area contributed by atoms with Crippen LogP contribution in [-0.2, 0) is 0 Å². The molecule has 4 aromatic rings. The normalized spacial score (nSPS) is 10.7. The van der Waals surface area contributed by atoms with E-state index >= 15 is 0 Å². The number of nitrogens with zero attached hydrogens (tertiary/aromatic N) is 3. The molecule has 3 nitrogen and oxygen atoms in total. The first-order valence-electron chi connectivity index (χ1n) is 8.65. The second-order valence-corrected chi connectivity index (χ2v) is 6.32. The summed E-state index contributed by atoms with van der Waals surface area (Å²) in [5.74, 6) is 0. The van der Waals surface area contributed by atoms with Crippen molar-refractivity contribution in [1.82, 2.24) is 15.0 Å². The molecule has 0 aliphatic heterocycles. The Hall–Kier alpha value is -3.33. The van der Waals surface area contributed by atoms with Gasteiger partial charge in [-0.15, -0.1) is 0 Å². The van der Waals surface area contributed by atoms with E-state index in [-0.39, 0.29) is 0 Å². The average Bonchev–Trinajstić information content (AvgIpc) is 2.68. The van der Waals surface area contributed by atoms with Gasteiger partial charge in [-0.2, -0.15) is 0 Å². The summed E-state index contributed by atoms with van der Waals surface area (Å²) in [5.41, 5.74) is 7.67. The lowest BCUT2D eigenvalue weighted by Gasteiger charge is -2.10.